The molecule has 4 nitrogen and oxygen atoms in total. The van der Waals surface area contributed by atoms with E-state index < -0.39 is 0 Å². The van der Waals surface area contributed by atoms with Crippen molar-refractivity contribution in [3.63, 3.8) is 0 Å². The molecule has 0 atom stereocenters. The average molecular weight is 164 g/mol. The molecule has 2 aromatic rings. The van der Waals surface area contributed by atoms with Crippen LogP contribution < -0.4 is 5.73 Å². The fourth-order valence-electron chi connectivity index (χ4n) is 1.00. The lowest BCUT2D eigenvalue weighted by Crippen LogP contribution is -1.75. The van der Waals surface area contributed by atoms with Crippen molar-refractivity contribution in [2.45, 2.75) is 6.92 Å². The molecular weight excluding hydrogens is 156 g/mol. The van der Waals surface area contributed by atoms with Crippen molar-refractivity contribution < 1.29 is 8.94 Å². The van der Waals surface area contributed by atoms with Gasteiger partial charge in [0.25, 0.3) is 0 Å². The van der Waals surface area contributed by atoms with Gasteiger partial charge in [0.1, 0.15) is 17.7 Å². The predicted molar refractivity (Wildman–Crippen MR) is 43.4 cm³/mol. The SMILES string of the molecule is Cc1cc(-c2cc(N)on2)co1. The number of furan rings is 1. The lowest BCUT2D eigenvalue weighted by Gasteiger charge is -1.80. The Hall–Kier alpha value is -1.71. The first kappa shape index (κ1) is 6.97. The summed E-state index contributed by atoms with van der Waals surface area (Å²) in [4.78, 5) is 0. The normalized spacial score (nSPS) is 10.4. The van der Waals surface area contributed by atoms with E-state index >= 15 is 0 Å². The first-order valence-electron chi connectivity index (χ1n) is 3.53. The molecule has 62 valence electrons. The zero-order valence-corrected chi connectivity index (χ0v) is 6.57. The van der Waals surface area contributed by atoms with Gasteiger partial charge >= 0.3 is 0 Å². The first-order chi connectivity index (χ1) is 5.75. The summed E-state index contributed by atoms with van der Waals surface area (Å²) in [6, 6.07) is 3.53. The molecule has 2 N–H and O–H groups in total. The van der Waals surface area contributed by atoms with Crippen molar-refractivity contribution in [3.8, 4) is 11.3 Å². The minimum atomic E-state index is 0.309. The van der Waals surface area contributed by atoms with E-state index in [1.165, 1.54) is 0 Å². The quantitative estimate of drug-likeness (QED) is 0.698. The Kier molecular flexibility index (Phi) is 1.40. The summed E-state index contributed by atoms with van der Waals surface area (Å²) in [6.07, 6.45) is 1.62. The third-order valence-corrected chi connectivity index (χ3v) is 1.55. The summed E-state index contributed by atoms with van der Waals surface area (Å²) < 4.78 is 9.82. The number of aryl methyl sites for hydroxylation is 1. The fraction of sp³-hybridized carbons (Fsp3) is 0.125. The molecule has 0 aliphatic heterocycles. The molecule has 0 amide bonds. The summed E-state index contributed by atoms with van der Waals surface area (Å²) in [5.41, 5.74) is 6.94. The van der Waals surface area contributed by atoms with Crippen LogP contribution in [-0.4, -0.2) is 5.16 Å². The van der Waals surface area contributed by atoms with E-state index in [0.29, 0.717) is 11.6 Å². The zero-order valence-electron chi connectivity index (χ0n) is 6.57. The van der Waals surface area contributed by atoms with E-state index in [2.05, 4.69) is 5.16 Å². The topological polar surface area (TPSA) is 65.2 Å². The van der Waals surface area contributed by atoms with E-state index in [4.69, 9.17) is 14.7 Å². The number of hydrogen-bond donors (Lipinski definition) is 1. The van der Waals surface area contributed by atoms with Gasteiger partial charge in [-0.15, -0.1) is 0 Å². The predicted octanol–water partition coefficient (Wildman–Crippen LogP) is 1.83. The number of nitrogens with zero attached hydrogens (tertiary/aromatic N) is 1. The van der Waals surface area contributed by atoms with Crippen LogP contribution in [0.1, 0.15) is 5.76 Å². The van der Waals surface area contributed by atoms with E-state index in [1.807, 2.05) is 13.0 Å². The van der Waals surface area contributed by atoms with Gasteiger partial charge in [-0.25, -0.2) is 0 Å². The van der Waals surface area contributed by atoms with Crippen LogP contribution in [0.4, 0.5) is 5.88 Å². The molecule has 4 heteroatoms. The summed E-state index contributed by atoms with van der Waals surface area (Å²) in [7, 11) is 0. The molecule has 0 saturated heterocycles. The number of nitrogen functional groups attached to an aromatic ring is 1. The molecule has 2 heterocycles. The van der Waals surface area contributed by atoms with Gasteiger partial charge in [0, 0.05) is 11.6 Å². The van der Waals surface area contributed by atoms with Crippen molar-refractivity contribution >= 4 is 5.88 Å². The molecule has 12 heavy (non-hydrogen) atoms. The maximum atomic E-state index is 5.36. The Morgan fingerprint density at radius 2 is 2.25 bits per heavy atom. The molecule has 0 radical (unpaired) electrons. The third kappa shape index (κ3) is 1.07. The Bertz CT molecular complexity index is 351. The second-order valence-electron chi connectivity index (χ2n) is 2.56. The highest BCUT2D eigenvalue weighted by atomic mass is 16.5. The highest BCUT2D eigenvalue weighted by Crippen LogP contribution is 2.21. The first-order valence-corrected chi connectivity index (χ1v) is 3.53. The third-order valence-electron chi connectivity index (χ3n) is 1.55. The van der Waals surface area contributed by atoms with Crippen LogP contribution in [0.5, 0.6) is 0 Å². The average Bonchev–Trinajstić information content (AvgIpc) is 2.58. The summed E-state index contributed by atoms with van der Waals surface area (Å²) in [5, 5.41) is 3.74. The van der Waals surface area contributed by atoms with Gasteiger partial charge in [-0.3, -0.25) is 0 Å². The largest absolute Gasteiger partial charge is 0.469 e. The Morgan fingerprint density at radius 1 is 1.42 bits per heavy atom. The van der Waals surface area contributed by atoms with E-state index in [0.717, 1.165) is 11.3 Å². The van der Waals surface area contributed by atoms with Gasteiger partial charge in [-0.1, -0.05) is 5.16 Å². The minimum absolute atomic E-state index is 0.309. The second kappa shape index (κ2) is 2.41. The van der Waals surface area contributed by atoms with Crippen LogP contribution >= 0.6 is 0 Å². The van der Waals surface area contributed by atoms with Gasteiger partial charge in [-0.05, 0) is 13.0 Å². The van der Waals surface area contributed by atoms with Gasteiger partial charge in [-0.2, -0.15) is 0 Å². The van der Waals surface area contributed by atoms with Gasteiger partial charge < -0.3 is 14.7 Å². The molecule has 0 spiro atoms. The lowest BCUT2D eigenvalue weighted by atomic mass is 10.2. The molecular formula is C8H8N2O2. The van der Waals surface area contributed by atoms with Crippen LogP contribution in [-0.2, 0) is 0 Å². The molecule has 0 fully saturated rings. The van der Waals surface area contributed by atoms with Crippen molar-refractivity contribution in [3.05, 3.63) is 24.2 Å². The molecule has 0 saturated carbocycles. The molecule has 2 aromatic heterocycles. The highest BCUT2D eigenvalue weighted by molar-refractivity contribution is 5.60. The van der Waals surface area contributed by atoms with Crippen molar-refractivity contribution in [1.82, 2.24) is 5.16 Å². The molecule has 0 aromatic carbocycles. The fourth-order valence-corrected chi connectivity index (χ4v) is 1.00. The van der Waals surface area contributed by atoms with Crippen molar-refractivity contribution in [1.29, 1.82) is 0 Å². The van der Waals surface area contributed by atoms with E-state index in [1.54, 1.807) is 12.3 Å². The number of nitrogens with two attached hydrogens (primary N) is 1. The number of hydrogen-bond acceptors (Lipinski definition) is 4. The van der Waals surface area contributed by atoms with Gasteiger partial charge in [0.15, 0.2) is 0 Å². The van der Waals surface area contributed by atoms with Crippen LogP contribution in [0.2, 0.25) is 0 Å². The Morgan fingerprint density at radius 3 is 2.75 bits per heavy atom. The zero-order chi connectivity index (χ0) is 8.55. The van der Waals surface area contributed by atoms with Crippen LogP contribution in [0.25, 0.3) is 11.3 Å². The second-order valence-corrected chi connectivity index (χ2v) is 2.56. The van der Waals surface area contributed by atoms with Crippen LogP contribution in [0.15, 0.2) is 27.3 Å². The summed E-state index contributed by atoms with van der Waals surface area (Å²) in [5.74, 6) is 1.15. The van der Waals surface area contributed by atoms with Crippen LogP contribution in [0, 0.1) is 6.92 Å². The lowest BCUT2D eigenvalue weighted by molar-refractivity contribution is 0.439. The molecule has 0 aliphatic rings. The standard InChI is InChI=1S/C8H8N2O2/c1-5-2-6(4-11-5)7-3-8(9)12-10-7/h2-4H,9H2,1H3. The smallest absolute Gasteiger partial charge is 0.222 e. The maximum Gasteiger partial charge on any atom is 0.222 e. The minimum Gasteiger partial charge on any atom is -0.469 e. The number of anilines is 1. The maximum absolute atomic E-state index is 5.36. The highest BCUT2D eigenvalue weighted by Gasteiger charge is 2.05. The Balaban J connectivity index is 2.43. The number of rotatable bonds is 1. The van der Waals surface area contributed by atoms with E-state index in [9.17, 15) is 0 Å². The van der Waals surface area contributed by atoms with Crippen LogP contribution in [0.3, 0.4) is 0 Å². The van der Waals surface area contributed by atoms with Gasteiger partial charge in [0.2, 0.25) is 5.88 Å². The van der Waals surface area contributed by atoms with Crippen molar-refractivity contribution in [2.24, 2.45) is 0 Å². The molecule has 0 aliphatic carbocycles. The monoisotopic (exact) mass is 164 g/mol. The summed E-state index contributed by atoms with van der Waals surface area (Å²) in [6.45, 7) is 1.87. The van der Waals surface area contributed by atoms with Crippen molar-refractivity contribution in [2.75, 3.05) is 5.73 Å². The molecule has 2 rings (SSSR count). The summed E-state index contributed by atoms with van der Waals surface area (Å²) >= 11 is 0. The van der Waals surface area contributed by atoms with E-state index in [-0.39, 0.29) is 0 Å². The Labute approximate surface area is 69.0 Å². The van der Waals surface area contributed by atoms with Gasteiger partial charge in [0.05, 0.1) is 0 Å². The number of aromatic nitrogens is 1. The molecule has 0 unspecified atom stereocenters. The molecule has 0 bridgehead atoms.